The van der Waals surface area contributed by atoms with Gasteiger partial charge >= 0.3 is 5.76 Å². The van der Waals surface area contributed by atoms with Crippen molar-refractivity contribution in [3.05, 3.63) is 34.3 Å². The summed E-state index contributed by atoms with van der Waals surface area (Å²) in [4.78, 5) is 16.2. The van der Waals surface area contributed by atoms with Gasteiger partial charge in [-0.1, -0.05) is 41.5 Å². The summed E-state index contributed by atoms with van der Waals surface area (Å²) < 4.78 is 12.3. The first-order valence-electron chi connectivity index (χ1n) is 7.06. The van der Waals surface area contributed by atoms with Crippen LogP contribution in [0.1, 0.15) is 72.0 Å². The fraction of sp³-hybridized carbons (Fsp3) is 0.667. The molecule has 0 spiro atoms. The molecule has 21 heavy (non-hydrogen) atoms. The minimum absolute atomic E-state index is 0.129. The largest absolute Gasteiger partial charge is 0.443 e. The first-order chi connectivity index (χ1) is 9.50. The maximum atomic E-state index is 12.0. The Bertz CT molecular complexity index is 680. The van der Waals surface area contributed by atoms with Crippen molar-refractivity contribution in [2.45, 2.75) is 65.3 Å². The summed E-state index contributed by atoms with van der Waals surface area (Å²) in [6, 6.07) is -0.409. The Morgan fingerprint density at radius 2 is 1.71 bits per heavy atom. The number of hydrogen-bond acceptors (Lipinski definition) is 5. The molecule has 0 aliphatic carbocycles. The third-order valence-corrected chi connectivity index (χ3v) is 3.20. The van der Waals surface area contributed by atoms with E-state index in [1.807, 2.05) is 48.5 Å². The molecule has 6 nitrogen and oxygen atoms in total. The van der Waals surface area contributed by atoms with Gasteiger partial charge in [0.1, 0.15) is 11.8 Å². The summed E-state index contributed by atoms with van der Waals surface area (Å²) in [5.74, 6) is 1.14. The standard InChI is InChI=1S/C15H23N3O3/c1-9(11-16-8-10(20-11)14(2,3)4)18-13(19)21-12(17-18)15(5,6)7/h8-9H,1-7H3/t9-/m1/s1. The van der Waals surface area contributed by atoms with Gasteiger partial charge in [0, 0.05) is 10.8 Å². The number of hydrogen-bond donors (Lipinski definition) is 0. The van der Waals surface area contributed by atoms with Crippen molar-refractivity contribution in [1.82, 2.24) is 14.8 Å². The summed E-state index contributed by atoms with van der Waals surface area (Å²) in [5.41, 5.74) is -0.451. The van der Waals surface area contributed by atoms with Crippen LogP contribution in [0.4, 0.5) is 0 Å². The zero-order chi connectivity index (χ0) is 16.0. The first-order valence-corrected chi connectivity index (χ1v) is 7.06. The lowest BCUT2D eigenvalue weighted by Crippen LogP contribution is -2.21. The van der Waals surface area contributed by atoms with E-state index >= 15 is 0 Å². The van der Waals surface area contributed by atoms with E-state index in [1.165, 1.54) is 4.68 Å². The summed E-state index contributed by atoms with van der Waals surface area (Å²) in [6.07, 6.45) is 1.70. The summed E-state index contributed by atoms with van der Waals surface area (Å²) >= 11 is 0. The molecule has 0 radical (unpaired) electrons. The monoisotopic (exact) mass is 293 g/mol. The van der Waals surface area contributed by atoms with Crippen LogP contribution in [0.15, 0.2) is 19.8 Å². The Morgan fingerprint density at radius 3 is 2.14 bits per heavy atom. The molecule has 0 bridgehead atoms. The SMILES string of the molecule is C[C@H](c1ncc(C(C)(C)C)o1)n1nc(C(C)(C)C)oc1=O. The molecule has 0 aromatic carbocycles. The van der Waals surface area contributed by atoms with Gasteiger partial charge in [0.15, 0.2) is 0 Å². The van der Waals surface area contributed by atoms with Crippen molar-refractivity contribution >= 4 is 0 Å². The lowest BCUT2D eigenvalue weighted by molar-refractivity contribution is 0.338. The van der Waals surface area contributed by atoms with Gasteiger partial charge < -0.3 is 8.83 Å². The molecule has 0 aliphatic heterocycles. The molecule has 0 N–H and O–H groups in total. The molecule has 2 aromatic rings. The van der Waals surface area contributed by atoms with Crippen LogP contribution < -0.4 is 5.76 Å². The molecule has 0 saturated carbocycles. The Balaban J connectivity index is 2.37. The van der Waals surface area contributed by atoms with Gasteiger partial charge in [-0.2, -0.15) is 4.68 Å². The van der Waals surface area contributed by atoms with Crippen molar-refractivity contribution in [3.63, 3.8) is 0 Å². The highest BCUT2D eigenvalue weighted by Crippen LogP contribution is 2.26. The van der Waals surface area contributed by atoms with E-state index in [9.17, 15) is 4.79 Å². The lowest BCUT2D eigenvalue weighted by Gasteiger charge is -2.14. The molecule has 1 atom stereocenters. The number of oxazole rings is 1. The second kappa shape index (κ2) is 4.86. The Hall–Kier alpha value is -1.85. The Kier molecular flexibility index (Phi) is 3.59. The van der Waals surface area contributed by atoms with Gasteiger partial charge in [0.2, 0.25) is 11.8 Å². The second-order valence-electron chi connectivity index (χ2n) is 7.36. The molecule has 0 aliphatic rings. The van der Waals surface area contributed by atoms with Crippen molar-refractivity contribution < 1.29 is 8.83 Å². The summed E-state index contributed by atoms with van der Waals surface area (Å²) in [6.45, 7) is 13.8. The fourth-order valence-corrected chi connectivity index (χ4v) is 1.77. The van der Waals surface area contributed by atoms with E-state index in [0.717, 1.165) is 5.76 Å². The molecule has 2 heterocycles. The predicted octanol–water partition coefficient (Wildman–Crippen LogP) is 3.03. The van der Waals surface area contributed by atoms with E-state index in [-0.39, 0.29) is 10.8 Å². The number of rotatable bonds is 2. The average molecular weight is 293 g/mol. The van der Waals surface area contributed by atoms with Gasteiger partial charge in [0.05, 0.1) is 6.20 Å². The third-order valence-electron chi connectivity index (χ3n) is 3.20. The zero-order valence-corrected chi connectivity index (χ0v) is 13.7. The lowest BCUT2D eigenvalue weighted by atomic mass is 9.94. The highest BCUT2D eigenvalue weighted by molar-refractivity contribution is 5.07. The minimum atomic E-state index is -0.497. The molecular formula is C15H23N3O3. The van der Waals surface area contributed by atoms with Gasteiger partial charge in [-0.05, 0) is 6.92 Å². The fourth-order valence-electron chi connectivity index (χ4n) is 1.77. The second-order valence-corrected chi connectivity index (χ2v) is 7.36. The highest BCUT2D eigenvalue weighted by atomic mass is 16.4. The number of nitrogens with zero attached hydrogens (tertiary/aromatic N) is 3. The van der Waals surface area contributed by atoms with Crippen LogP contribution in [0.2, 0.25) is 0 Å². The van der Waals surface area contributed by atoms with E-state index in [2.05, 4.69) is 10.1 Å². The molecule has 2 aromatic heterocycles. The van der Waals surface area contributed by atoms with Gasteiger partial charge in [-0.3, -0.25) is 0 Å². The van der Waals surface area contributed by atoms with Crippen molar-refractivity contribution in [2.24, 2.45) is 0 Å². The molecule has 0 saturated heterocycles. The first kappa shape index (κ1) is 15.5. The molecule has 0 fully saturated rings. The summed E-state index contributed by atoms with van der Waals surface area (Å²) in [7, 11) is 0. The van der Waals surface area contributed by atoms with Crippen molar-refractivity contribution in [2.75, 3.05) is 0 Å². The zero-order valence-electron chi connectivity index (χ0n) is 13.7. The van der Waals surface area contributed by atoms with Gasteiger partial charge in [0.25, 0.3) is 0 Å². The minimum Gasteiger partial charge on any atom is -0.443 e. The van der Waals surface area contributed by atoms with Crippen molar-refractivity contribution in [1.29, 1.82) is 0 Å². The molecule has 2 rings (SSSR count). The van der Waals surface area contributed by atoms with Crippen LogP contribution >= 0.6 is 0 Å². The van der Waals surface area contributed by atoms with Crippen LogP contribution in [0.3, 0.4) is 0 Å². The predicted molar refractivity (Wildman–Crippen MR) is 78.5 cm³/mol. The van der Waals surface area contributed by atoms with Gasteiger partial charge in [-0.25, -0.2) is 9.78 Å². The maximum Gasteiger partial charge on any atom is 0.437 e. The van der Waals surface area contributed by atoms with E-state index in [1.54, 1.807) is 6.20 Å². The van der Waals surface area contributed by atoms with Crippen LogP contribution in [0.25, 0.3) is 0 Å². The molecule has 116 valence electrons. The van der Waals surface area contributed by atoms with E-state index in [0.29, 0.717) is 11.8 Å². The van der Waals surface area contributed by atoms with Crippen molar-refractivity contribution in [3.8, 4) is 0 Å². The van der Waals surface area contributed by atoms with E-state index in [4.69, 9.17) is 8.83 Å². The van der Waals surface area contributed by atoms with Crippen LogP contribution in [0, 0.1) is 0 Å². The topological polar surface area (TPSA) is 74.1 Å². The maximum absolute atomic E-state index is 12.0. The quantitative estimate of drug-likeness (QED) is 0.850. The Morgan fingerprint density at radius 1 is 1.10 bits per heavy atom. The Labute approximate surface area is 124 Å². The average Bonchev–Trinajstić information content (AvgIpc) is 2.92. The van der Waals surface area contributed by atoms with Crippen LogP contribution in [-0.2, 0) is 10.8 Å². The van der Waals surface area contributed by atoms with E-state index < -0.39 is 11.8 Å². The molecular weight excluding hydrogens is 270 g/mol. The van der Waals surface area contributed by atoms with Crippen LogP contribution in [-0.4, -0.2) is 14.8 Å². The third kappa shape index (κ3) is 3.09. The van der Waals surface area contributed by atoms with Crippen LogP contribution in [0.5, 0.6) is 0 Å². The molecule has 6 heteroatoms. The molecule has 0 unspecified atom stereocenters. The number of aromatic nitrogens is 3. The molecule has 0 amide bonds. The smallest absolute Gasteiger partial charge is 0.437 e. The normalized spacial score (nSPS) is 14.4. The van der Waals surface area contributed by atoms with Gasteiger partial charge in [-0.15, -0.1) is 5.10 Å². The summed E-state index contributed by atoms with van der Waals surface area (Å²) in [5, 5.41) is 4.27. The highest BCUT2D eigenvalue weighted by Gasteiger charge is 2.27.